The van der Waals surface area contributed by atoms with Gasteiger partial charge >= 0.3 is 41.8 Å². The number of carbonyl (C=O) groups excluding carboxylic acids is 5. The van der Waals surface area contributed by atoms with E-state index in [0.717, 1.165) is 84.7 Å². The molecule has 9 N–H and O–H groups in total. The molecule has 8 aliphatic rings. The maximum atomic E-state index is 13.5. The third-order valence-electron chi connectivity index (χ3n) is 25.7. The first-order valence-corrected chi connectivity index (χ1v) is 43.8. The van der Waals surface area contributed by atoms with E-state index >= 15 is 0 Å². The maximum absolute atomic E-state index is 13.5. The van der Waals surface area contributed by atoms with Crippen molar-refractivity contribution in [2.45, 2.75) is 305 Å². The van der Waals surface area contributed by atoms with Gasteiger partial charge in [-0.05, 0) is 199 Å². The highest BCUT2D eigenvalue weighted by Gasteiger charge is 2.47. The number of allylic oxidation sites excluding steroid dienone is 8. The van der Waals surface area contributed by atoms with Crippen LogP contribution in [0.15, 0.2) is 126 Å². The van der Waals surface area contributed by atoms with E-state index in [-0.39, 0.29) is 140 Å². The van der Waals surface area contributed by atoms with E-state index in [9.17, 15) is 73.7 Å². The summed E-state index contributed by atoms with van der Waals surface area (Å²) in [5.41, 5.74) is 6.67. The number of esters is 5. The lowest BCUT2D eigenvalue weighted by Gasteiger charge is -2.44. The minimum absolute atomic E-state index is 0.0156. The summed E-state index contributed by atoms with van der Waals surface area (Å²) < 4.78 is 44.6. The Morgan fingerprint density at radius 3 is 1.47 bits per heavy atom. The number of aliphatic carboxylic acids is 2. The van der Waals surface area contributed by atoms with Crippen LogP contribution in [0.5, 0.6) is 0 Å². The summed E-state index contributed by atoms with van der Waals surface area (Å²) >= 11 is 0. The molecular formula is C96H136FNO21. The Bertz CT molecular complexity index is 4110. The van der Waals surface area contributed by atoms with Crippen LogP contribution in [-0.4, -0.2) is 166 Å². The third-order valence-corrected chi connectivity index (χ3v) is 25.7. The number of cyclic esters (lactones) is 2. The molecule has 2 saturated heterocycles. The maximum Gasteiger partial charge on any atom is 0.311 e. The lowest BCUT2D eigenvalue weighted by Crippen LogP contribution is -2.43. The molecule has 22 nitrogen and oxygen atoms in total. The summed E-state index contributed by atoms with van der Waals surface area (Å²) in [5, 5.41) is 88.7. The van der Waals surface area contributed by atoms with Crippen molar-refractivity contribution in [1.82, 2.24) is 4.57 Å². The molecule has 25 atom stereocenters. The lowest BCUT2D eigenvalue weighted by molar-refractivity contribution is -0.166. The van der Waals surface area contributed by atoms with Crippen molar-refractivity contribution in [2.75, 3.05) is 0 Å². The topological polar surface area (TPSA) is 353 Å². The van der Waals surface area contributed by atoms with Crippen LogP contribution < -0.4 is 0 Å². The number of halogens is 1. The highest BCUT2D eigenvalue weighted by molar-refractivity contribution is 6.01. The number of ether oxygens (including phenoxy) is 5. The van der Waals surface area contributed by atoms with E-state index in [1.54, 1.807) is 24.3 Å². The molecule has 1 aromatic heterocycles. The molecule has 0 saturated carbocycles. The highest BCUT2D eigenvalue weighted by atomic mass is 19.1. The molecule has 23 heteroatoms. The molecule has 11 rings (SSSR count). The van der Waals surface area contributed by atoms with E-state index in [1.807, 2.05) is 84.9 Å². The van der Waals surface area contributed by atoms with Crippen LogP contribution in [0.25, 0.3) is 28.1 Å². The predicted octanol–water partition coefficient (Wildman–Crippen LogP) is 15.8. The van der Waals surface area contributed by atoms with Crippen LogP contribution in [0.4, 0.5) is 4.39 Å². The van der Waals surface area contributed by atoms with E-state index in [4.69, 9.17) is 33.9 Å². The quantitative estimate of drug-likeness (QED) is 0.0221. The SMILES string of the molecule is CC(C)n1c(/C=C/[C@@H](O)C[C@@H](O)CC(=O)O)c(-c2ccc(F)cc2)c2ccccc21.CCC(C)(C)C(=O)O[C@H]1C[C@@H](C)C=C2C=C[C@H](C)C(CC[C@@H]3C[C@@H](O)CC(=O)O3)[C@H]21.CC[C@H](C)C(=O)O[C@H]1C[C@@H](C)C=C2C=C[C@H](C)C(CC[C@@H]3C[C@@H](O)CC(=O)O3)[C@H]21.CC[C@H](C)C(=O)O[C@H]1C[C@@H](O)C=C2C=C[C@H](C)C(CC[C@@H](O)C[C@@H](O)CC(=O)O)[C@H]21. The van der Waals surface area contributed by atoms with Gasteiger partial charge in [0.15, 0.2) is 0 Å². The Morgan fingerprint density at radius 2 is 1.02 bits per heavy atom. The predicted molar refractivity (Wildman–Crippen MR) is 453 cm³/mol. The fraction of sp³-hybridized carbons (Fsp3) is 0.635. The summed E-state index contributed by atoms with van der Waals surface area (Å²) in [6.45, 7) is 28.6. The average Bonchev–Trinajstić information content (AvgIpc) is 1.62. The molecule has 0 radical (unpaired) electrons. The number of para-hydroxylation sites is 1. The second-order valence-corrected chi connectivity index (χ2v) is 36.1. The number of rotatable bonds is 30. The summed E-state index contributed by atoms with van der Waals surface area (Å²) in [6.07, 6.45) is 24.7. The number of carboxylic acids is 2. The van der Waals surface area contributed by atoms with Gasteiger partial charge in [-0.2, -0.15) is 0 Å². The van der Waals surface area contributed by atoms with E-state index < -0.39 is 72.6 Å². The zero-order chi connectivity index (χ0) is 87.4. The number of hydrogen-bond acceptors (Lipinski definition) is 19. The minimum atomic E-state index is -1.13. The zero-order valence-electron chi connectivity index (χ0n) is 72.4. The largest absolute Gasteiger partial charge is 0.481 e. The summed E-state index contributed by atoms with van der Waals surface area (Å²) in [6, 6.07) is 14.4. The molecule has 119 heavy (non-hydrogen) atoms. The molecule has 3 heterocycles. The monoisotopic (exact) mass is 1660 g/mol. The van der Waals surface area contributed by atoms with Crippen molar-refractivity contribution in [3.05, 3.63) is 138 Å². The molecule has 3 aromatic rings. The Morgan fingerprint density at radius 1 is 0.571 bits per heavy atom. The molecule has 0 spiro atoms. The Kier molecular flexibility index (Phi) is 36.3. The number of nitrogens with zero attached hydrogens (tertiary/aromatic N) is 1. The first-order valence-electron chi connectivity index (χ1n) is 43.8. The van der Waals surface area contributed by atoms with Gasteiger partial charge in [-0.15, -0.1) is 0 Å². The van der Waals surface area contributed by atoms with Crippen LogP contribution in [-0.2, 0) is 57.2 Å². The second kappa shape index (κ2) is 44.8. The smallest absolute Gasteiger partial charge is 0.311 e. The number of carbonyl (C=O) groups is 7. The van der Waals surface area contributed by atoms with Crippen molar-refractivity contribution in [2.24, 2.45) is 82.3 Å². The standard InChI is InChI=1S/C25H38O5.C24H26FNO4.C24H36O5.C23H36O7/c1-6-25(4,5)24(28)30-21-12-15(2)11-17-8-7-16(3)20(23(17)21)10-9-19-13-18(26)14-22(27)29-19;1-15(2)26-21-6-4-3-5-20(21)24(16-7-9-17(25)10-8-16)22(26)12-11-18(27)13-19(28)14-23(29)30;1-5-15(3)24(27)29-21-11-14(2)10-17-7-6-16(4)20(23(17)21)9-8-19-12-18(25)13-22(26)28-19;1-4-13(2)23(29)30-20-11-17(25)9-15-6-5-14(3)19(22(15)20)8-7-16(24)10-18(26)12-21(27)28/h7-8,11,15-16,18-21,23,26H,6,9-10,12-14H2,1-5H3;3-12,15,18-19,27-28H,13-14H2,1-2H3,(H,29,30);6-7,10,14-16,18-21,23,25H,5,8-9,11-13H2,1-4H3;5-6,9,13-14,16-20,22,24-26H,4,7-8,10-12H2,1-3H3,(H,27,28)/b;12-11+;;/t15-,16-,18+,19+,20?,21-,23-;18-,19-;14-,15-,16-,18+,19+,20?,21-,23-;13-,14-,16+,17-,18+,19?,20-,22-/m0100/s1. The molecule has 2 aromatic carbocycles. The van der Waals surface area contributed by atoms with Gasteiger partial charge in [0.2, 0.25) is 0 Å². The van der Waals surface area contributed by atoms with Gasteiger partial charge in [0.05, 0.1) is 85.7 Å². The average molecular weight is 1660 g/mol. The van der Waals surface area contributed by atoms with Crippen LogP contribution in [0.3, 0.4) is 0 Å². The highest BCUT2D eigenvalue weighted by Crippen LogP contribution is 2.49. The van der Waals surface area contributed by atoms with E-state index in [1.165, 1.54) is 23.3 Å². The van der Waals surface area contributed by atoms with Gasteiger partial charge in [0, 0.05) is 71.6 Å². The molecule has 0 amide bonds. The van der Waals surface area contributed by atoms with E-state index in [0.29, 0.717) is 74.0 Å². The number of aliphatic hydroxyl groups excluding tert-OH is 7. The molecule has 6 aliphatic carbocycles. The fourth-order valence-corrected chi connectivity index (χ4v) is 18.4. The Labute approximate surface area is 703 Å². The molecule has 3 unspecified atom stereocenters. The van der Waals surface area contributed by atoms with Crippen molar-refractivity contribution < 1.29 is 108 Å². The summed E-state index contributed by atoms with van der Waals surface area (Å²) in [5.74, 6) is -1.21. The van der Waals surface area contributed by atoms with Crippen molar-refractivity contribution in [1.29, 1.82) is 0 Å². The van der Waals surface area contributed by atoms with E-state index in [2.05, 4.69) is 95.6 Å². The number of aliphatic hydroxyl groups is 7. The number of carboxylic acid groups (broad SMARTS) is 2. The lowest BCUT2D eigenvalue weighted by atomic mass is 9.65. The molecular weight excluding hydrogens is 1520 g/mol. The third kappa shape index (κ3) is 27.3. The first-order chi connectivity index (χ1) is 56.3. The summed E-state index contributed by atoms with van der Waals surface area (Å²) in [4.78, 5) is 82.6. The van der Waals surface area contributed by atoms with Crippen LogP contribution in [0.1, 0.15) is 237 Å². The van der Waals surface area contributed by atoms with Gasteiger partial charge in [-0.3, -0.25) is 33.6 Å². The van der Waals surface area contributed by atoms with Crippen molar-refractivity contribution >= 4 is 58.8 Å². The molecule has 658 valence electrons. The van der Waals surface area contributed by atoms with Crippen molar-refractivity contribution in [3.8, 4) is 11.1 Å². The number of hydrogen-bond donors (Lipinski definition) is 9. The first kappa shape index (κ1) is 96.6. The Hall–Kier alpha value is -7.90. The van der Waals surface area contributed by atoms with Gasteiger partial charge in [-0.25, -0.2) is 4.39 Å². The second-order valence-electron chi connectivity index (χ2n) is 36.1. The summed E-state index contributed by atoms with van der Waals surface area (Å²) in [7, 11) is 0. The van der Waals surface area contributed by atoms with Gasteiger partial charge in [0.25, 0.3) is 0 Å². The van der Waals surface area contributed by atoms with Crippen LogP contribution in [0.2, 0.25) is 0 Å². The Balaban J connectivity index is 0.000000198. The van der Waals surface area contributed by atoms with Crippen LogP contribution >= 0.6 is 0 Å². The molecule has 0 bridgehead atoms. The van der Waals surface area contributed by atoms with Gasteiger partial charge < -0.3 is 74.2 Å². The van der Waals surface area contributed by atoms with Gasteiger partial charge in [-0.1, -0.05) is 160 Å². The number of fused-ring (bicyclic) bond motifs is 4. The normalized spacial score (nSPS) is 29.8. The van der Waals surface area contributed by atoms with Gasteiger partial charge in [0.1, 0.15) is 36.3 Å². The minimum Gasteiger partial charge on any atom is -0.481 e. The van der Waals surface area contributed by atoms with Crippen molar-refractivity contribution in [3.63, 3.8) is 0 Å². The fourth-order valence-electron chi connectivity index (χ4n) is 18.4. The zero-order valence-corrected chi connectivity index (χ0v) is 72.4. The molecule has 2 aliphatic heterocycles. The molecule has 2 fully saturated rings. The number of benzene rings is 2. The van der Waals surface area contributed by atoms with Crippen LogP contribution in [0, 0.1) is 88.2 Å². The number of aromatic nitrogens is 1.